The van der Waals surface area contributed by atoms with Gasteiger partial charge in [-0.2, -0.15) is 17.7 Å². The van der Waals surface area contributed by atoms with Crippen LogP contribution >= 0.6 is 0 Å². The van der Waals surface area contributed by atoms with E-state index in [1.54, 1.807) is 0 Å². The summed E-state index contributed by atoms with van der Waals surface area (Å²) in [4.78, 5) is 0. The highest BCUT2D eigenvalue weighted by Crippen LogP contribution is 2.23. The highest BCUT2D eigenvalue weighted by molar-refractivity contribution is 7.86. The first kappa shape index (κ1) is 18.2. The average molecular weight is 357 g/mol. The molecule has 8 heteroatoms. The average Bonchev–Trinajstić information content (AvgIpc) is 2.54. The molecule has 24 heavy (non-hydrogen) atoms. The van der Waals surface area contributed by atoms with Crippen molar-refractivity contribution in [1.82, 2.24) is 0 Å². The number of nitrogens with zero attached hydrogens (tertiary/aromatic N) is 1. The van der Waals surface area contributed by atoms with Crippen LogP contribution in [0, 0.1) is 0 Å². The van der Waals surface area contributed by atoms with E-state index < -0.39 is 15.6 Å². The summed E-state index contributed by atoms with van der Waals surface area (Å²) in [6.07, 6.45) is 5.61. The molecule has 0 fully saturated rings. The number of hydrogen-bond donors (Lipinski definition) is 0. The molecule has 2 heterocycles. The van der Waals surface area contributed by atoms with Gasteiger partial charge in [0.15, 0.2) is 22.9 Å². The third kappa shape index (κ3) is 4.42. The monoisotopic (exact) mass is 357 g/mol. The minimum atomic E-state index is -6.09. The fourth-order valence-electron chi connectivity index (χ4n) is 2.25. The molecule has 0 unspecified atom stereocenters. The Labute approximate surface area is 137 Å². The molecule has 0 radical (unpaired) electrons. The number of allylic oxidation sites excluding steroid dienone is 1. The number of fused-ring (bicyclic) bond motifs is 1. The van der Waals surface area contributed by atoms with E-state index >= 15 is 0 Å². The Bertz CT molecular complexity index is 831. The molecule has 1 aliphatic heterocycles. The summed E-state index contributed by atoms with van der Waals surface area (Å²) >= 11 is 0. The van der Waals surface area contributed by atoms with E-state index in [1.807, 2.05) is 0 Å². The number of pyridine rings is 1. The largest absolute Gasteiger partial charge is 0.741 e. The van der Waals surface area contributed by atoms with E-state index in [0.717, 1.165) is 13.0 Å². The van der Waals surface area contributed by atoms with E-state index in [1.165, 1.54) is 16.8 Å². The van der Waals surface area contributed by atoms with Gasteiger partial charge < -0.3 is 4.55 Å². The number of halogens is 3. The lowest BCUT2D eigenvalue weighted by atomic mass is 9.98. The Hall–Kier alpha value is -2.19. The minimum Gasteiger partial charge on any atom is -0.741 e. The summed E-state index contributed by atoms with van der Waals surface area (Å²) in [6.45, 7) is 1.09. The SMILES string of the molecule is C1=C(c2ccccc2)c2cccc[n+]2CC1.O=S(=O)([O-])C(F)(F)F. The highest BCUT2D eigenvalue weighted by atomic mass is 32.2. The third-order valence-corrected chi connectivity index (χ3v) is 3.87. The van der Waals surface area contributed by atoms with Crippen LogP contribution in [-0.2, 0) is 16.7 Å². The highest BCUT2D eigenvalue weighted by Gasteiger charge is 2.36. The summed E-state index contributed by atoms with van der Waals surface area (Å²) < 4.78 is 61.2. The molecule has 2 aromatic rings. The smallest absolute Gasteiger partial charge is 0.485 e. The first-order chi connectivity index (χ1) is 11.2. The van der Waals surface area contributed by atoms with Gasteiger partial charge in [-0.3, -0.25) is 0 Å². The van der Waals surface area contributed by atoms with Crippen molar-refractivity contribution in [2.24, 2.45) is 0 Å². The zero-order valence-corrected chi connectivity index (χ0v) is 13.2. The summed E-state index contributed by atoms with van der Waals surface area (Å²) in [5, 5.41) is 0. The fraction of sp³-hybridized carbons (Fsp3) is 0.188. The van der Waals surface area contributed by atoms with Crippen LogP contribution in [-0.4, -0.2) is 18.5 Å². The molecule has 0 saturated carbocycles. The standard InChI is InChI=1S/C15H14N.CHF3O3S/c1-2-7-13(8-3-1)14-9-6-12-16-11-5-4-10-15(14)16;2-1(3,4)8(5,6)7/h1-5,7-11H,6,12H2;(H,5,6,7)/q+1;/p-1. The molecule has 0 spiro atoms. The molecule has 0 N–H and O–H groups in total. The maximum Gasteiger partial charge on any atom is 0.485 e. The number of aryl methyl sites for hydroxylation is 1. The lowest BCUT2D eigenvalue weighted by Crippen LogP contribution is -2.39. The van der Waals surface area contributed by atoms with Crippen molar-refractivity contribution >= 4 is 15.7 Å². The van der Waals surface area contributed by atoms with Crippen LogP contribution in [0.4, 0.5) is 13.2 Å². The van der Waals surface area contributed by atoms with E-state index in [2.05, 4.69) is 65.4 Å². The van der Waals surface area contributed by atoms with E-state index in [-0.39, 0.29) is 0 Å². The predicted molar refractivity (Wildman–Crippen MR) is 80.5 cm³/mol. The Morgan fingerprint density at radius 2 is 1.58 bits per heavy atom. The van der Waals surface area contributed by atoms with E-state index in [9.17, 15) is 13.2 Å². The van der Waals surface area contributed by atoms with Crippen molar-refractivity contribution in [1.29, 1.82) is 0 Å². The predicted octanol–water partition coefficient (Wildman–Crippen LogP) is 2.86. The molecule has 0 amide bonds. The van der Waals surface area contributed by atoms with Gasteiger partial charge in [0, 0.05) is 24.1 Å². The van der Waals surface area contributed by atoms with Gasteiger partial charge in [0.05, 0.1) is 0 Å². The molecule has 4 nitrogen and oxygen atoms in total. The van der Waals surface area contributed by atoms with Crippen molar-refractivity contribution in [3.63, 3.8) is 0 Å². The molecule has 0 atom stereocenters. The van der Waals surface area contributed by atoms with Crippen LogP contribution < -0.4 is 4.57 Å². The minimum absolute atomic E-state index is 1.09. The lowest BCUT2D eigenvalue weighted by molar-refractivity contribution is -0.699. The van der Waals surface area contributed by atoms with Crippen molar-refractivity contribution in [3.8, 4) is 0 Å². The number of alkyl halides is 3. The van der Waals surface area contributed by atoms with Gasteiger partial charge in [0.25, 0.3) is 0 Å². The Morgan fingerprint density at radius 3 is 2.17 bits per heavy atom. The molecule has 1 aromatic carbocycles. The number of hydrogen-bond acceptors (Lipinski definition) is 3. The molecule has 128 valence electrons. The van der Waals surface area contributed by atoms with Crippen molar-refractivity contribution < 1.29 is 30.7 Å². The van der Waals surface area contributed by atoms with Gasteiger partial charge >= 0.3 is 5.51 Å². The van der Waals surface area contributed by atoms with Crippen LogP contribution in [0.3, 0.4) is 0 Å². The maximum atomic E-state index is 10.7. The van der Waals surface area contributed by atoms with Gasteiger partial charge in [0.1, 0.15) is 0 Å². The molecule has 0 saturated heterocycles. The molecule has 1 aliphatic rings. The Kier molecular flexibility index (Phi) is 5.40. The summed E-state index contributed by atoms with van der Waals surface area (Å²) in [6, 6.07) is 17.0. The Balaban J connectivity index is 0.000000224. The first-order valence-electron chi connectivity index (χ1n) is 6.97. The zero-order chi connectivity index (χ0) is 17.8. The van der Waals surface area contributed by atoms with Crippen molar-refractivity contribution in [3.05, 3.63) is 72.1 Å². The van der Waals surface area contributed by atoms with Crippen LogP contribution in [0.25, 0.3) is 5.57 Å². The number of rotatable bonds is 1. The second kappa shape index (κ2) is 7.14. The van der Waals surface area contributed by atoms with Crippen LogP contribution in [0.5, 0.6) is 0 Å². The molecular formula is C16H14F3NO3S. The number of aromatic nitrogens is 1. The van der Waals surface area contributed by atoms with Crippen molar-refractivity contribution in [2.45, 2.75) is 18.5 Å². The number of benzene rings is 1. The maximum absolute atomic E-state index is 10.7. The quantitative estimate of drug-likeness (QED) is 0.448. The van der Waals surface area contributed by atoms with Crippen molar-refractivity contribution in [2.75, 3.05) is 0 Å². The molecule has 1 aromatic heterocycles. The first-order valence-corrected chi connectivity index (χ1v) is 8.37. The fourth-order valence-corrected chi connectivity index (χ4v) is 2.25. The van der Waals surface area contributed by atoms with Gasteiger partial charge in [-0.15, -0.1) is 0 Å². The van der Waals surface area contributed by atoms with E-state index in [0.29, 0.717) is 0 Å². The van der Waals surface area contributed by atoms with Crippen LogP contribution in [0.2, 0.25) is 0 Å². The topological polar surface area (TPSA) is 61.1 Å². The van der Waals surface area contributed by atoms with Crippen LogP contribution in [0.1, 0.15) is 17.7 Å². The second-order valence-corrected chi connectivity index (χ2v) is 6.32. The van der Waals surface area contributed by atoms with E-state index in [4.69, 9.17) is 13.0 Å². The Morgan fingerprint density at radius 1 is 1.00 bits per heavy atom. The summed E-state index contributed by atoms with van der Waals surface area (Å²) in [7, 11) is -6.09. The molecule has 0 bridgehead atoms. The zero-order valence-electron chi connectivity index (χ0n) is 12.4. The normalized spacial score (nSPS) is 14.1. The van der Waals surface area contributed by atoms with Gasteiger partial charge in [0.2, 0.25) is 5.69 Å². The summed E-state index contributed by atoms with van der Waals surface area (Å²) in [5.41, 5.74) is -1.66. The van der Waals surface area contributed by atoms with Gasteiger partial charge in [-0.25, -0.2) is 8.42 Å². The molecular weight excluding hydrogens is 343 g/mol. The van der Waals surface area contributed by atoms with Gasteiger partial charge in [-0.05, 0) is 11.6 Å². The molecule has 3 rings (SSSR count). The lowest BCUT2D eigenvalue weighted by Gasteiger charge is -2.12. The molecule has 0 aliphatic carbocycles. The van der Waals surface area contributed by atoms with Gasteiger partial charge in [-0.1, -0.05) is 36.4 Å². The van der Waals surface area contributed by atoms with Crippen LogP contribution in [0.15, 0.2) is 60.8 Å². The second-order valence-electron chi connectivity index (χ2n) is 4.95. The summed E-state index contributed by atoms with van der Waals surface area (Å²) in [5.74, 6) is 0. The third-order valence-electron chi connectivity index (χ3n) is 3.30.